The lowest BCUT2D eigenvalue weighted by molar-refractivity contribution is 0.420. The summed E-state index contributed by atoms with van der Waals surface area (Å²) in [4.78, 5) is 0. The van der Waals surface area contributed by atoms with Crippen LogP contribution in [0.25, 0.3) is 21.9 Å². The third-order valence-electron chi connectivity index (χ3n) is 3.93. The van der Waals surface area contributed by atoms with Gasteiger partial charge in [-0.05, 0) is 46.7 Å². The number of hydrogen-bond donors (Lipinski definition) is 1. The molecule has 0 heterocycles. The fourth-order valence-corrected chi connectivity index (χ4v) is 2.77. The van der Waals surface area contributed by atoms with Crippen LogP contribution in [0.3, 0.4) is 0 Å². The molecule has 0 saturated carbocycles. The summed E-state index contributed by atoms with van der Waals surface area (Å²) in [5, 5.41) is 2.34. The first-order chi connectivity index (χ1) is 10.2. The Hall–Kier alpha value is -2.32. The molecule has 106 valence electrons. The highest BCUT2D eigenvalue weighted by molar-refractivity contribution is 6.00. The van der Waals surface area contributed by atoms with Gasteiger partial charge in [0, 0.05) is 11.9 Å². The molecule has 0 radical (unpaired) electrons. The van der Waals surface area contributed by atoms with E-state index in [4.69, 9.17) is 10.5 Å². The largest absolute Gasteiger partial charge is 0.496 e. The Bertz CT molecular complexity index is 793. The summed E-state index contributed by atoms with van der Waals surface area (Å²) in [7, 11) is 1.71. The Balaban J connectivity index is 2.31. The molecule has 0 spiro atoms. The van der Waals surface area contributed by atoms with Crippen LogP contribution in [0, 0.1) is 6.92 Å². The number of ether oxygens (including phenoxy) is 1. The fourth-order valence-electron chi connectivity index (χ4n) is 2.77. The number of benzene rings is 3. The molecule has 2 N–H and O–H groups in total. The summed E-state index contributed by atoms with van der Waals surface area (Å²) in [6.45, 7) is 2.69. The first kappa shape index (κ1) is 13.7. The fraction of sp³-hybridized carbons (Fsp3) is 0.158. The van der Waals surface area contributed by atoms with Crippen molar-refractivity contribution in [3.63, 3.8) is 0 Å². The van der Waals surface area contributed by atoms with Crippen molar-refractivity contribution in [3.05, 3.63) is 65.7 Å². The van der Waals surface area contributed by atoms with E-state index in [0.717, 1.165) is 16.7 Å². The van der Waals surface area contributed by atoms with Gasteiger partial charge < -0.3 is 10.5 Å². The summed E-state index contributed by atoms with van der Waals surface area (Å²) >= 11 is 0. The van der Waals surface area contributed by atoms with Crippen molar-refractivity contribution >= 4 is 10.8 Å². The average molecular weight is 277 g/mol. The van der Waals surface area contributed by atoms with Crippen LogP contribution in [0.5, 0.6) is 5.75 Å². The van der Waals surface area contributed by atoms with Gasteiger partial charge in [-0.3, -0.25) is 0 Å². The maximum atomic E-state index is 5.79. The zero-order valence-electron chi connectivity index (χ0n) is 12.4. The summed E-state index contributed by atoms with van der Waals surface area (Å²) in [6, 6.07) is 18.9. The van der Waals surface area contributed by atoms with E-state index >= 15 is 0 Å². The summed E-state index contributed by atoms with van der Waals surface area (Å²) in [5.74, 6) is 0.905. The number of methoxy groups -OCH3 is 1. The van der Waals surface area contributed by atoms with Crippen LogP contribution in [-0.4, -0.2) is 7.11 Å². The zero-order valence-corrected chi connectivity index (χ0v) is 12.4. The maximum Gasteiger partial charge on any atom is 0.126 e. The monoisotopic (exact) mass is 277 g/mol. The van der Waals surface area contributed by atoms with Gasteiger partial charge in [-0.1, -0.05) is 42.5 Å². The van der Waals surface area contributed by atoms with Crippen molar-refractivity contribution in [2.24, 2.45) is 5.73 Å². The molecule has 0 saturated heterocycles. The van der Waals surface area contributed by atoms with E-state index in [2.05, 4.69) is 49.4 Å². The van der Waals surface area contributed by atoms with E-state index in [1.54, 1.807) is 7.11 Å². The SMILES string of the molecule is COc1ccc(-c2cc(CN)ccc2C)c2ccccc12. The minimum absolute atomic E-state index is 0.557. The summed E-state index contributed by atoms with van der Waals surface area (Å²) < 4.78 is 5.47. The standard InChI is InChI=1S/C19H19NO/c1-13-7-8-14(12-20)11-18(13)16-9-10-19(21-2)17-6-4-3-5-15(16)17/h3-11H,12,20H2,1-2H3. The molecular formula is C19H19NO. The number of rotatable bonds is 3. The van der Waals surface area contributed by atoms with Crippen LogP contribution in [-0.2, 0) is 6.54 Å². The van der Waals surface area contributed by atoms with Crippen molar-refractivity contribution in [1.82, 2.24) is 0 Å². The summed E-state index contributed by atoms with van der Waals surface area (Å²) in [6.07, 6.45) is 0. The van der Waals surface area contributed by atoms with Crippen LogP contribution in [0.4, 0.5) is 0 Å². The Labute approximate surface area is 125 Å². The first-order valence-electron chi connectivity index (χ1n) is 7.10. The number of aryl methyl sites for hydroxylation is 1. The smallest absolute Gasteiger partial charge is 0.126 e. The highest BCUT2D eigenvalue weighted by Crippen LogP contribution is 2.35. The Morgan fingerprint density at radius 2 is 1.67 bits per heavy atom. The Kier molecular flexibility index (Phi) is 3.63. The lowest BCUT2D eigenvalue weighted by atomic mass is 9.93. The van der Waals surface area contributed by atoms with E-state index in [1.165, 1.54) is 22.1 Å². The van der Waals surface area contributed by atoms with Crippen LogP contribution in [0.1, 0.15) is 11.1 Å². The topological polar surface area (TPSA) is 35.2 Å². The molecule has 0 aliphatic rings. The third-order valence-corrected chi connectivity index (χ3v) is 3.93. The molecule has 0 bridgehead atoms. The van der Waals surface area contributed by atoms with Crippen molar-refractivity contribution in [1.29, 1.82) is 0 Å². The van der Waals surface area contributed by atoms with Crippen molar-refractivity contribution in [2.75, 3.05) is 7.11 Å². The molecule has 0 amide bonds. The van der Waals surface area contributed by atoms with Crippen LogP contribution in [0.15, 0.2) is 54.6 Å². The molecule has 0 aliphatic heterocycles. The highest BCUT2D eigenvalue weighted by Gasteiger charge is 2.10. The molecule has 0 aliphatic carbocycles. The highest BCUT2D eigenvalue weighted by atomic mass is 16.5. The number of nitrogens with two attached hydrogens (primary N) is 1. The van der Waals surface area contributed by atoms with Gasteiger partial charge in [-0.2, -0.15) is 0 Å². The number of hydrogen-bond acceptors (Lipinski definition) is 2. The van der Waals surface area contributed by atoms with E-state index in [1.807, 2.05) is 12.1 Å². The molecule has 0 atom stereocenters. The Morgan fingerprint density at radius 3 is 2.38 bits per heavy atom. The first-order valence-corrected chi connectivity index (χ1v) is 7.10. The molecule has 2 heteroatoms. The van der Waals surface area contributed by atoms with Crippen molar-refractivity contribution in [2.45, 2.75) is 13.5 Å². The zero-order chi connectivity index (χ0) is 14.8. The van der Waals surface area contributed by atoms with E-state index in [0.29, 0.717) is 6.54 Å². The van der Waals surface area contributed by atoms with E-state index in [-0.39, 0.29) is 0 Å². The molecule has 3 rings (SSSR count). The summed E-state index contributed by atoms with van der Waals surface area (Å²) in [5.41, 5.74) is 10.6. The normalized spacial score (nSPS) is 10.8. The maximum absolute atomic E-state index is 5.79. The van der Waals surface area contributed by atoms with Crippen LogP contribution < -0.4 is 10.5 Å². The minimum Gasteiger partial charge on any atom is -0.496 e. The predicted molar refractivity (Wildman–Crippen MR) is 88.6 cm³/mol. The third kappa shape index (κ3) is 2.39. The van der Waals surface area contributed by atoms with E-state index in [9.17, 15) is 0 Å². The van der Waals surface area contributed by atoms with Gasteiger partial charge in [0.25, 0.3) is 0 Å². The van der Waals surface area contributed by atoms with Crippen LogP contribution in [0.2, 0.25) is 0 Å². The van der Waals surface area contributed by atoms with Crippen molar-refractivity contribution in [3.8, 4) is 16.9 Å². The molecule has 3 aromatic carbocycles. The molecular weight excluding hydrogens is 258 g/mol. The van der Waals surface area contributed by atoms with Gasteiger partial charge in [0.2, 0.25) is 0 Å². The average Bonchev–Trinajstić information content (AvgIpc) is 2.54. The lowest BCUT2D eigenvalue weighted by Crippen LogP contribution is -1.97. The van der Waals surface area contributed by atoms with E-state index < -0.39 is 0 Å². The van der Waals surface area contributed by atoms with Crippen LogP contribution >= 0.6 is 0 Å². The quantitative estimate of drug-likeness (QED) is 0.775. The molecule has 2 nitrogen and oxygen atoms in total. The lowest BCUT2D eigenvalue weighted by Gasteiger charge is -2.13. The molecule has 0 unspecified atom stereocenters. The molecule has 0 aromatic heterocycles. The van der Waals surface area contributed by atoms with Gasteiger partial charge in [0.1, 0.15) is 5.75 Å². The Morgan fingerprint density at radius 1 is 0.905 bits per heavy atom. The van der Waals surface area contributed by atoms with Crippen molar-refractivity contribution < 1.29 is 4.74 Å². The number of fused-ring (bicyclic) bond motifs is 1. The van der Waals surface area contributed by atoms with Gasteiger partial charge in [0.05, 0.1) is 7.11 Å². The second-order valence-electron chi connectivity index (χ2n) is 5.21. The molecule has 21 heavy (non-hydrogen) atoms. The molecule has 3 aromatic rings. The second-order valence-corrected chi connectivity index (χ2v) is 5.21. The van der Waals surface area contributed by atoms with Gasteiger partial charge in [-0.15, -0.1) is 0 Å². The van der Waals surface area contributed by atoms with Gasteiger partial charge in [0.15, 0.2) is 0 Å². The van der Waals surface area contributed by atoms with Gasteiger partial charge in [-0.25, -0.2) is 0 Å². The minimum atomic E-state index is 0.557. The van der Waals surface area contributed by atoms with Gasteiger partial charge >= 0.3 is 0 Å². The second kappa shape index (κ2) is 5.58. The predicted octanol–water partition coefficient (Wildman–Crippen LogP) is 4.28. The molecule has 0 fully saturated rings.